The lowest BCUT2D eigenvalue weighted by Gasteiger charge is -2.29. The zero-order valence-corrected chi connectivity index (χ0v) is 33.9. The predicted molar refractivity (Wildman–Crippen MR) is 228 cm³/mol. The van der Waals surface area contributed by atoms with Gasteiger partial charge in [0, 0.05) is 25.2 Å². The number of amides is 4. The van der Waals surface area contributed by atoms with Crippen LogP contribution >= 0.6 is 0 Å². The van der Waals surface area contributed by atoms with Gasteiger partial charge in [0.2, 0.25) is 11.8 Å². The van der Waals surface area contributed by atoms with Crippen molar-refractivity contribution in [2.24, 2.45) is 16.8 Å². The second kappa shape index (κ2) is 15.4. The van der Waals surface area contributed by atoms with E-state index < -0.39 is 24.3 Å². The van der Waals surface area contributed by atoms with Crippen LogP contribution in [0.25, 0.3) is 44.1 Å². The van der Waals surface area contributed by atoms with Crippen LogP contribution in [0.2, 0.25) is 0 Å². The normalized spacial score (nSPS) is 20.8. The van der Waals surface area contributed by atoms with E-state index in [1.54, 1.807) is 0 Å². The van der Waals surface area contributed by atoms with Crippen molar-refractivity contribution in [2.75, 3.05) is 27.3 Å². The molecule has 0 radical (unpaired) electrons. The Kier molecular flexibility index (Phi) is 9.76. The number of imidazole rings is 1. The highest BCUT2D eigenvalue weighted by molar-refractivity contribution is 6.02. The van der Waals surface area contributed by atoms with E-state index in [0.717, 1.165) is 118 Å². The first-order valence-corrected chi connectivity index (χ1v) is 21.3. The molecule has 4 atom stereocenters. The number of carbonyl (C=O) groups excluding carboxylic acids is 4. The zero-order chi connectivity index (χ0) is 41.1. The average molecular weight is 808 g/mol. The Morgan fingerprint density at radius 2 is 1.20 bits per heavy atom. The van der Waals surface area contributed by atoms with Crippen LogP contribution in [0.4, 0.5) is 15.3 Å². The van der Waals surface area contributed by atoms with Gasteiger partial charge >= 0.3 is 12.2 Å². The summed E-state index contributed by atoms with van der Waals surface area (Å²) >= 11 is 0. The topological polar surface area (TPSA) is 158 Å². The van der Waals surface area contributed by atoms with Gasteiger partial charge in [0.1, 0.15) is 17.9 Å². The van der Waals surface area contributed by atoms with Crippen molar-refractivity contribution in [1.29, 1.82) is 0 Å². The molecule has 13 nitrogen and oxygen atoms in total. The Labute approximate surface area is 347 Å². The van der Waals surface area contributed by atoms with E-state index in [1.165, 1.54) is 14.2 Å². The summed E-state index contributed by atoms with van der Waals surface area (Å²) in [4.78, 5) is 68.8. The van der Waals surface area contributed by atoms with Crippen LogP contribution in [-0.4, -0.2) is 94.9 Å². The summed E-state index contributed by atoms with van der Waals surface area (Å²) in [6.45, 7) is 1.29. The van der Waals surface area contributed by atoms with Gasteiger partial charge in [0.05, 0.1) is 43.0 Å². The summed E-state index contributed by atoms with van der Waals surface area (Å²) < 4.78 is 9.64. The molecule has 2 aliphatic carbocycles. The number of rotatable bonds is 10. The maximum absolute atomic E-state index is 13.7. The van der Waals surface area contributed by atoms with E-state index in [4.69, 9.17) is 19.5 Å². The molecule has 2 saturated carbocycles. The number of H-pyrrole nitrogens is 1. The van der Waals surface area contributed by atoms with E-state index in [2.05, 4.69) is 82.3 Å². The molecule has 10 rings (SSSR count). The molecule has 5 aromatic rings. The van der Waals surface area contributed by atoms with Crippen LogP contribution in [0, 0.1) is 11.8 Å². The third-order valence-electron chi connectivity index (χ3n) is 13.1. The summed E-state index contributed by atoms with van der Waals surface area (Å²) in [5.41, 5.74) is 9.30. The lowest BCUT2D eigenvalue weighted by Crippen LogP contribution is -2.52. The van der Waals surface area contributed by atoms with Crippen molar-refractivity contribution in [3.63, 3.8) is 0 Å². The first-order valence-electron chi connectivity index (χ1n) is 21.3. The first-order chi connectivity index (χ1) is 29.2. The van der Waals surface area contributed by atoms with Gasteiger partial charge < -0.3 is 34.9 Å². The second-order valence-electron chi connectivity index (χ2n) is 17.0. The molecule has 13 heteroatoms. The van der Waals surface area contributed by atoms with Gasteiger partial charge in [-0.15, -0.1) is 0 Å². The Morgan fingerprint density at radius 3 is 1.80 bits per heavy atom. The van der Waals surface area contributed by atoms with Gasteiger partial charge in [0.25, 0.3) is 0 Å². The van der Waals surface area contributed by atoms with Gasteiger partial charge in [-0.05, 0) is 138 Å². The van der Waals surface area contributed by atoms with E-state index in [-0.39, 0.29) is 35.7 Å². The number of alkyl carbamates (subject to hydrolysis) is 2. The quantitative estimate of drug-likeness (QED) is 0.131. The number of benzene rings is 4. The smallest absolute Gasteiger partial charge is 0.407 e. The summed E-state index contributed by atoms with van der Waals surface area (Å²) in [5.74, 6) is 0.976. The number of aromatic nitrogens is 2. The number of carbonyl (C=O) groups is 4. The van der Waals surface area contributed by atoms with Crippen LogP contribution in [0.5, 0.6) is 0 Å². The lowest BCUT2D eigenvalue weighted by atomic mass is 9.95. The summed E-state index contributed by atoms with van der Waals surface area (Å²) in [7, 11) is 2.64. The third kappa shape index (κ3) is 7.24. The fourth-order valence-electron chi connectivity index (χ4n) is 9.61. The number of hydrogen-bond acceptors (Lipinski definition) is 8. The molecule has 2 saturated heterocycles. The average Bonchev–Trinajstić information content (AvgIpc) is 4.05. The largest absolute Gasteiger partial charge is 0.453 e. The molecule has 4 amide bonds. The third-order valence-corrected chi connectivity index (χ3v) is 13.1. The highest BCUT2D eigenvalue weighted by Crippen LogP contribution is 2.40. The molecule has 0 unspecified atom stereocenters. The molecule has 0 bridgehead atoms. The molecular weight excluding hydrogens is 759 g/mol. The van der Waals surface area contributed by atoms with Crippen molar-refractivity contribution < 1.29 is 28.7 Å². The van der Waals surface area contributed by atoms with Gasteiger partial charge in [-0.1, -0.05) is 36.4 Å². The minimum atomic E-state index is -0.579. The number of likely N-dealkylation sites (tertiary alicyclic amines) is 2. The standard InChI is InChI=1S/C47H49N7O6/c1-59-46(57)51-41(26-7-8-26)44(55)53-19-3-5-39(53)38-25-34-23-32(15-17-35(34)48-38)30-12-11-29-22-31(14-13-28(29)21-30)33-16-18-36-37(24-33)50-43(49-36)40-6-4-20-54(40)45(56)42(27-9-10-27)52-47(58)60-2/h11-18,21-24,26-27,39-42H,3-10,19-20,25H2,1-2H3,(H,49,50)(H,51,57)(H,52,58)/t39-,40-,41-,42-/m0/s1. The monoisotopic (exact) mass is 807 g/mol. The van der Waals surface area contributed by atoms with Gasteiger partial charge in [0.15, 0.2) is 0 Å². The molecule has 3 N–H and O–H groups in total. The summed E-state index contributed by atoms with van der Waals surface area (Å²) in [5, 5.41) is 7.85. The van der Waals surface area contributed by atoms with Crippen molar-refractivity contribution in [3.8, 4) is 22.3 Å². The molecule has 4 fully saturated rings. The number of aromatic amines is 1. The highest BCUT2D eigenvalue weighted by Gasteiger charge is 2.45. The molecule has 4 aromatic carbocycles. The molecule has 4 heterocycles. The maximum Gasteiger partial charge on any atom is 0.407 e. The Bertz CT molecular complexity index is 2580. The summed E-state index contributed by atoms with van der Waals surface area (Å²) in [6, 6.07) is 24.4. The lowest BCUT2D eigenvalue weighted by molar-refractivity contribution is -0.135. The van der Waals surface area contributed by atoms with Crippen LogP contribution in [-0.2, 0) is 25.5 Å². The second-order valence-corrected chi connectivity index (χ2v) is 17.0. The van der Waals surface area contributed by atoms with Crippen molar-refractivity contribution >= 4 is 57.2 Å². The van der Waals surface area contributed by atoms with Crippen molar-refractivity contribution in [3.05, 3.63) is 84.2 Å². The SMILES string of the molecule is COC(=O)N[C@H](C(=O)N1CCC[C@H]1C1=Nc2ccc(-c3ccc4cc(-c5ccc6nc([C@@H]7CCCN7C(=O)[C@@H](NC(=O)OC)C7CC7)[nH]c6c5)ccc4c3)cc2C1)C1CC1. The van der Waals surface area contributed by atoms with Gasteiger partial charge in [-0.3, -0.25) is 14.6 Å². The number of nitrogens with zero attached hydrogens (tertiary/aromatic N) is 4. The van der Waals surface area contributed by atoms with E-state index >= 15 is 0 Å². The maximum atomic E-state index is 13.7. The fraction of sp³-hybridized carbons (Fsp3) is 0.404. The van der Waals surface area contributed by atoms with Crippen molar-refractivity contribution in [2.45, 2.75) is 82.0 Å². The fourth-order valence-corrected chi connectivity index (χ4v) is 9.61. The molecule has 0 spiro atoms. The van der Waals surface area contributed by atoms with Crippen LogP contribution in [0.1, 0.15) is 68.8 Å². The number of ether oxygens (including phenoxy) is 2. The van der Waals surface area contributed by atoms with E-state index in [1.807, 2.05) is 15.9 Å². The molecular formula is C47H49N7O6. The van der Waals surface area contributed by atoms with Gasteiger partial charge in [-0.2, -0.15) is 0 Å². The molecule has 3 aliphatic heterocycles. The number of aliphatic imine (C=N–C) groups is 1. The Balaban J connectivity index is 0.830. The van der Waals surface area contributed by atoms with Crippen LogP contribution in [0.3, 0.4) is 0 Å². The minimum absolute atomic E-state index is 0.0318. The van der Waals surface area contributed by atoms with E-state index in [9.17, 15) is 19.2 Å². The number of nitrogens with one attached hydrogen (secondary N) is 3. The Morgan fingerprint density at radius 1 is 0.667 bits per heavy atom. The Hall–Kier alpha value is -6.24. The number of hydrogen-bond donors (Lipinski definition) is 3. The zero-order valence-electron chi connectivity index (χ0n) is 33.9. The van der Waals surface area contributed by atoms with E-state index in [0.29, 0.717) is 19.5 Å². The number of methoxy groups -OCH3 is 2. The number of fused-ring (bicyclic) bond motifs is 3. The predicted octanol–water partition coefficient (Wildman–Crippen LogP) is 7.60. The molecule has 5 aliphatic rings. The van der Waals surface area contributed by atoms with Gasteiger partial charge in [-0.25, -0.2) is 14.6 Å². The molecule has 60 heavy (non-hydrogen) atoms. The van der Waals surface area contributed by atoms with Crippen LogP contribution in [0.15, 0.2) is 77.8 Å². The summed E-state index contributed by atoms with van der Waals surface area (Å²) in [6.07, 6.45) is 6.71. The van der Waals surface area contributed by atoms with Crippen LogP contribution < -0.4 is 10.6 Å². The molecule has 308 valence electrons. The van der Waals surface area contributed by atoms with Crippen molar-refractivity contribution in [1.82, 2.24) is 30.4 Å². The minimum Gasteiger partial charge on any atom is -0.453 e. The highest BCUT2D eigenvalue weighted by atomic mass is 16.5. The molecule has 1 aromatic heterocycles. The first kappa shape index (κ1) is 38.0.